The standard InChI is InChI=1S/C25H25FN2O5S/c1-25(2)16-18-6-5-9-22(23(18)33-25)32-15-14-27-24(29)17-10-12-19(13-11-17)34(30,31)28-21-8-4-3-7-20(21)26/h3-13,28H,14-16H2,1-2H3,(H,27,29). The van der Waals surface area contributed by atoms with Crippen molar-refractivity contribution in [1.82, 2.24) is 5.32 Å². The molecule has 0 fully saturated rings. The number of amides is 1. The largest absolute Gasteiger partial charge is 0.488 e. The van der Waals surface area contributed by atoms with Gasteiger partial charge in [-0.1, -0.05) is 24.3 Å². The van der Waals surface area contributed by atoms with Crippen molar-refractivity contribution in [3.05, 3.63) is 83.7 Å². The van der Waals surface area contributed by atoms with Gasteiger partial charge in [-0.25, -0.2) is 12.8 Å². The number of carbonyl (C=O) groups excluding carboxylic acids is 1. The fourth-order valence-electron chi connectivity index (χ4n) is 3.66. The van der Waals surface area contributed by atoms with Gasteiger partial charge in [0, 0.05) is 17.5 Å². The highest BCUT2D eigenvalue weighted by molar-refractivity contribution is 7.92. The van der Waals surface area contributed by atoms with E-state index < -0.39 is 15.8 Å². The summed E-state index contributed by atoms with van der Waals surface area (Å²) in [6.45, 7) is 4.53. The van der Waals surface area contributed by atoms with Gasteiger partial charge in [-0.3, -0.25) is 9.52 Å². The number of fused-ring (bicyclic) bond motifs is 1. The predicted molar refractivity (Wildman–Crippen MR) is 126 cm³/mol. The van der Waals surface area contributed by atoms with E-state index in [-0.39, 0.29) is 40.8 Å². The number of rotatable bonds is 8. The van der Waals surface area contributed by atoms with Gasteiger partial charge in [-0.2, -0.15) is 0 Å². The molecule has 0 saturated heterocycles. The first-order valence-electron chi connectivity index (χ1n) is 10.7. The third-order valence-electron chi connectivity index (χ3n) is 5.25. The zero-order chi connectivity index (χ0) is 24.3. The maximum atomic E-state index is 13.8. The summed E-state index contributed by atoms with van der Waals surface area (Å²) in [7, 11) is -4.00. The summed E-state index contributed by atoms with van der Waals surface area (Å²) in [6, 6.07) is 16.6. The van der Waals surface area contributed by atoms with E-state index in [2.05, 4.69) is 10.0 Å². The zero-order valence-electron chi connectivity index (χ0n) is 18.8. The summed E-state index contributed by atoms with van der Waals surface area (Å²) in [5.41, 5.74) is 0.949. The van der Waals surface area contributed by atoms with Crippen molar-refractivity contribution < 1.29 is 27.1 Å². The van der Waals surface area contributed by atoms with Gasteiger partial charge in [0.1, 0.15) is 18.0 Å². The molecule has 4 rings (SSSR count). The monoisotopic (exact) mass is 484 g/mol. The van der Waals surface area contributed by atoms with Gasteiger partial charge in [0.15, 0.2) is 11.5 Å². The quantitative estimate of drug-likeness (QED) is 0.469. The van der Waals surface area contributed by atoms with Crippen molar-refractivity contribution in [2.24, 2.45) is 0 Å². The number of nitrogens with one attached hydrogen (secondary N) is 2. The number of benzene rings is 3. The van der Waals surface area contributed by atoms with Crippen LogP contribution >= 0.6 is 0 Å². The Bertz CT molecular complexity index is 1310. The molecule has 2 N–H and O–H groups in total. The number of anilines is 1. The summed E-state index contributed by atoms with van der Waals surface area (Å²) in [5.74, 6) is 0.319. The Hall–Kier alpha value is -3.59. The summed E-state index contributed by atoms with van der Waals surface area (Å²) in [4.78, 5) is 12.3. The maximum Gasteiger partial charge on any atom is 0.261 e. The third kappa shape index (κ3) is 5.31. The first-order chi connectivity index (χ1) is 16.1. The van der Waals surface area contributed by atoms with E-state index >= 15 is 0 Å². The Labute approximate surface area is 198 Å². The number of hydrogen-bond acceptors (Lipinski definition) is 5. The highest BCUT2D eigenvalue weighted by Crippen LogP contribution is 2.41. The predicted octanol–water partition coefficient (Wildman–Crippen LogP) is 4.15. The van der Waals surface area contributed by atoms with Crippen molar-refractivity contribution in [2.45, 2.75) is 30.8 Å². The van der Waals surface area contributed by atoms with E-state index in [4.69, 9.17) is 9.47 Å². The van der Waals surface area contributed by atoms with Crippen molar-refractivity contribution >= 4 is 21.6 Å². The van der Waals surface area contributed by atoms with E-state index in [1.807, 2.05) is 32.0 Å². The van der Waals surface area contributed by atoms with Crippen LogP contribution in [0.4, 0.5) is 10.1 Å². The van der Waals surface area contributed by atoms with Gasteiger partial charge in [-0.15, -0.1) is 0 Å². The van der Waals surface area contributed by atoms with Crippen LogP contribution in [0, 0.1) is 5.82 Å². The Balaban J connectivity index is 1.31. The van der Waals surface area contributed by atoms with Crippen LogP contribution < -0.4 is 19.5 Å². The molecule has 0 spiro atoms. The van der Waals surface area contributed by atoms with E-state index in [0.717, 1.165) is 23.8 Å². The Morgan fingerprint density at radius 3 is 2.53 bits per heavy atom. The molecule has 0 aliphatic carbocycles. The van der Waals surface area contributed by atoms with Crippen molar-refractivity contribution in [1.29, 1.82) is 0 Å². The van der Waals surface area contributed by atoms with Crippen LogP contribution in [0.25, 0.3) is 0 Å². The molecule has 1 heterocycles. The summed E-state index contributed by atoms with van der Waals surface area (Å²) >= 11 is 0. The molecule has 0 atom stereocenters. The number of hydrogen-bond donors (Lipinski definition) is 2. The molecule has 0 unspecified atom stereocenters. The van der Waals surface area contributed by atoms with Crippen LogP contribution in [0.1, 0.15) is 29.8 Å². The van der Waals surface area contributed by atoms with Crippen LogP contribution in [0.5, 0.6) is 11.5 Å². The number of para-hydroxylation sites is 2. The molecule has 0 bridgehead atoms. The van der Waals surface area contributed by atoms with E-state index in [9.17, 15) is 17.6 Å². The van der Waals surface area contributed by atoms with Crippen molar-refractivity contribution in [2.75, 3.05) is 17.9 Å². The lowest BCUT2D eigenvalue weighted by Crippen LogP contribution is -2.28. The second kappa shape index (κ2) is 9.34. The molecule has 0 saturated carbocycles. The average Bonchev–Trinajstić information content (AvgIpc) is 3.12. The average molecular weight is 485 g/mol. The minimum absolute atomic E-state index is 0.0866. The molecule has 0 aromatic heterocycles. The fourth-order valence-corrected chi connectivity index (χ4v) is 4.73. The fraction of sp³-hybridized carbons (Fsp3) is 0.240. The molecule has 0 radical (unpaired) electrons. The molecule has 178 valence electrons. The second-order valence-electron chi connectivity index (χ2n) is 8.50. The SMILES string of the molecule is CC1(C)Cc2cccc(OCCNC(=O)c3ccc(S(=O)(=O)Nc4ccccc4F)cc3)c2O1. The van der Waals surface area contributed by atoms with E-state index in [1.165, 1.54) is 42.5 Å². The van der Waals surface area contributed by atoms with Crippen LogP contribution in [0.2, 0.25) is 0 Å². The highest BCUT2D eigenvalue weighted by Gasteiger charge is 2.32. The van der Waals surface area contributed by atoms with E-state index in [1.54, 1.807) is 0 Å². The Morgan fingerprint density at radius 2 is 1.79 bits per heavy atom. The minimum atomic E-state index is -4.00. The van der Waals surface area contributed by atoms with Gasteiger partial charge >= 0.3 is 0 Å². The van der Waals surface area contributed by atoms with E-state index in [0.29, 0.717) is 5.75 Å². The van der Waals surface area contributed by atoms with Crippen LogP contribution in [-0.2, 0) is 16.4 Å². The zero-order valence-corrected chi connectivity index (χ0v) is 19.6. The van der Waals surface area contributed by atoms with Gasteiger partial charge in [0.2, 0.25) is 0 Å². The van der Waals surface area contributed by atoms with Gasteiger partial charge < -0.3 is 14.8 Å². The molecule has 34 heavy (non-hydrogen) atoms. The molecule has 1 amide bonds. The highest BCUT2D eigenvalue weighted by atomic mass is 32.2. The summed E-state index contributed by atoms with van der Waals surface area (Å²) < 4.78 is 52.7. The molecule has 9 heteroatoms. The van der Waals surface area contributed by atoms with Crippen LogP contribution in [0.3, 0.4) is 0 Å². The molecule has 3 aromatic carbocycles. The van der Waals surface area contributed by atoms with Gasteiger partial charge in [0.05, 0.1) is 17.1 Å². The number of ether oxygens (including phenoxy) is 2. The van der Waals surface area contributed by atoms with Crippen molar-refractivity contribution in [3.8, 4) is 11.5 Å². The first-order valence-corrected chi connectivity index (χ1v) is 12.2. The second-order valence-corrected chi connectivity index (χ2v) is 10.2. The molecular weight excluding hydrogens is 459 g/mol. The van der Waals surface area contributed by atoms with Gasteiger partial charge in [0.25, 0.3) is 15.9 Å². The number of sulfonamides is 1. The molecular formula is C25H25FN2O5S. The van der Waals surface area contributed by atoms with Crippen molar-refractivity contribution in [3.63, 3.8) is 0 Å². The Morgan fingerprint density at radius 1 is 1.06 bits per heavy atom. The summed E-state index contributed by atoms with van der Waals surface area (Å²) in [5, 5.41) is 2.74. The Kier molecular flexibility index (Phi) is 6.47. The molecule has 7 nitrogen and oxygen atoms in total. The molecule has 3 aromatic rings. The van der Waals surface area contributed by atoms with Gasteiger partial charge in [-0.05, 0) is 56.3 Å². The minimum Gasteiger partial charge on any atom is -0.488 e. The number of halogens is 1. The first kappa shape index (κ1) is 23.6. The lowest BCUT2D eigenvalue weighted by molar-refractivity contribution is 0.0946. The van der Waals surface area contributed by atoms with Crippen LogP contribution in [0.15, 0.2) is 71.6 Å². The smallest absolute Gasteiger partial charge is 0.261 e. The third-order valence-corrected chi connectivity index (χ3v) is 6.63. The van der Waals surface area contributed by atoms with Crippen LogP contribution in [-0.4, -0.2) is 33.1 Å². The molecule has 1 aliphatic heterocycles. The normalized spacial score (nSPS) is 14.1. The lowest BCUT2D eigenvalue weighted by atomic mass is 10.0. The maximum absolute atomic E-state index is 13.8. The summed E-state index contributed by atoms with van der Waals surface area (Å²) in [6.07, 6.45) is 0.803. The number of carbonyl (C=O) groups is 1. The topological polar surface area (TPSA) is 93.7 Å². The molecule has 1 aliphatic rings. The lowest BCUT2D eigenvalue weighted by Gasteiger charge is -2.18.